The summed E-state index contributed by atoms with van der Waals surface area (Å²) >= 11 is 11.9. The molecule has 0 amide bonds. The molecule has 0 bridgehead atoms. The van der Waals surface area contributed by atoms with Crippen molar-refractivity contribution in [2.24, 2.45) is 5.92 Å². The van der Waals surface area contributed by atoms with Crippen LogP contribution in [0.3, 0.4) is 0 Å². The summed E-state index contributed by atoms with van der Waals surface area (Å²) in [5, 5.41) is 9.74. The summed E-state index contributed by atoms with van der Waals surface area (Å²) in [4.78, 5) is 24.5. The summed E-state index contributed by atoms with van der Waals surface area (Å²) in [7, 11) is 0. The molecule has 4 nitrogen and oxygen atoms in total. The van der Waals surface area contributed by atoms with Crippen LogP contribution in [0.4, 0.5) is 0 Å². The van der Waals surface area contributed by atoms with Crippen molar-refractivity contribution in [3.05, 3.63) is 33.8 Å². The molecule has 1 aromatic carbocycles. The molecule has 2 rings (SSSR count). The molecule has 0 atom stereocenters. The van der Waals surface area contributed by atoms with Crippen LogP contribution >= 0.6 is 23.2 Å². The van der Waals surface area contributed by atoms with E-state index in [1.807, 2.05) is 12.1 Å². The van der Waals surface area contributed by atoms with E-state index in [1.54, 1.807) is 6.07 Å². The Kier molecular flexibility index (Phi) is 5.62. The van der Waals surface area contributed by atoms with Crippen LogP contribution in [0, 0.1) is 5.92 Å². The Morgan fingerprint density at radius 3 is 2.43 bits per heavy atom. The largest absolute Gasteiger partial charge is 0.481 e. The fourth-order valence-electron chi connectivity index (χ4n) is 2.60. The van der Waals surface area contributed by atoms with Crippen molar-refractivity contribution in [1.29, 1.82) is 0 Å². The molecule has 1 aliphatic rings. The Morgan fingerprint density at radius 1 is 1.19 bits per heavy atom. The van der Waals surface area contributed by atoms with Gasteiger partial charge in [-0.2, -0.15) is 0 Å². The van der Waals surface area contributed by atoms with Crippen molar-refractivity contribution in [2.45, 2.75) is 25.8 Å². The summed E-state index contributed by atoms with van der Waals surface area (Å²) < 4.78 is 0. The van der Waals surface area contributed by atoms with E-state index < -0.39 is 5.97 Å². The summed E-state index contributed by atoms with van der Waals surface area (Å²) in [5.74, 6) is -1.32. The molecule has 1 fully saturated rings. The molecule has 0 aromatic heterocycles. The molecule has 1 heterocycles. The predicted molar refractivity (Wildman–Crippen MR) is 81.7 cm³/mol. The summed E-state index contributed by atoms with van der Waals surface area (Å²) in [6, 6.07) is 5.57. The smallest absolute Gasteiger partial charge is 0.310 e. The van der Waals surface area contributed by atoms with Gasteiger partial charge in [0.2, 0.25) is 0 Å². The van der Waals surface area contributed by atoms with E-state index in [-0.39, 0.29) is 18.1 Å². The quantitative estimate of drug-likeness (QED) is 0.842. The van der Waals surface area contributed by atoms with Gasteiger partial charge in [0.15, 0.2) is 0 Å². The molecule has 1 saturated heterocycles. The Bertz CT molecular complexity index is 540. The molecule has 1 aromatic rings. The van der Waals surface area contributed by atoms with Crippen LogP contribution in [0.15, 0.2) is 18.2 Å². The Morgan fingerprint density at radius 2 is 1.86 bits per heavy atom. The maximum atomic E-state index is 11.7. The lowest BCUT2D eigenvalue weighted by Gasteiger charge is -2.31. The van der Waals surface area contributed by atoms with Gasteiger partial charge in [-0.3, -0.25) is 14.5 Å². The first kappa shape index (κ1) is 16.3. The fourth-order valence-corrected chi connectivity index (χ4v) is 2.92. The van der Waals surface area contributed by atoms with Crippen molar-refractivity contribution in [2.75, 3.05) is 13.1 Å². The van der Waals surface area contributed by atoms with E-state index in [1.165, 1.54) is 0 Å². The molecule has 21 heavy (non-hydrogen) atoms. The zero-order chi connectivity index (χ0) is 15.4. The van der Waals surface area contributed by atoms with Crippen molar-refractivity contribution in [1.82, 2.24) is 4.90 Å². The SMILES string of the molecule is O=C(O)CC(=O)C1CCN(Cc2ccc(Cl)c(Cl)c2)CC1. The highest BCUT2D eigenvalue weighted by Gasteiger charge is 2.26. The van der Waals surface area contributed by atoms with Crippen LogP contribution in [-0.4, -0.2) is 34.8 Å². The van der Waals surface area contributed by atoms with Crippen LogP contribution in [0.25, 0.3) is 0 Å². The normalized spacial score (nSPS) is 16.9. The van der Waals surface area contributed by atoms with Gasteiger partial charge in [-0.15, -0.1) is 0 Å². The average Bonchev–Trinajstić information content (AvgIpc) is 2.43. The van der Waals surface area contributed by atoms with Crippen LogP contribution in [0.5, 0.6) is 0 Å². The molecule has 0 unspecified atom stereocenters. The minimum absolute atomic E-state index is 0.119. The summed E-state index contributed by atoms with van der Waals surface area (Å²) in [6.07, 6.45) is 1.07. The predicted octanol–water partition coefficient (Wildman–Crippen LogP) is 3.25. The number of hydrogen-bond donors (Lipinski definition) is 1. The van der Waals surface area contributed by atoms with Gasteiger partial charge in [-0.05, 0) is 43.6 Å². The zero-order valence-electron chi connectivity index (χ0n) is 11.5. The number of piperidine rings is 1. The van der Waals surface area contributed by atoms with E-state index in [4.69, 9.17) is 28.3 Å². The van der Waals surface area contributed by atoms with Gasteiger partial charge in [-0.25, -0.2) is 0 Å². The minimum atomic E-state index is -1.04. The standard InChI is InChI=1S/C15H17Cl2NO3/c16-12-2-1-10(7-13(12)17)9-18-5-3-11(4-6-18)14(19)8-15(20)21/h1-2,7,11H,3-6,8-9H2,(H,20,21). The molecule has 0 radical (unpaired) electrons. The summed E-state index contributed by atoms with van der Waals surface area (Å²) in [6.45, 7) is 2.34. The second-order valence-electron chi connectivity index (χ2n) is 5.34. The van der Waals surface area contributed by atoms with Gasteiger partial charge < -0.3 is 5.11 Å². The van der Waals surface area contributed by atoms with E-state index in [0.29, 0.717) is 22.9 Å². The monoisotopic (exact) mass is 329 g/mol. The third-order valence-corrected chi connectivity index (χ3v) is 4.50. The number of ketones is 1. The van der Waals surface area contributed by atoms with Crippen LogP contribution in [-0.2, 0) is 16.1 Å². The lowest BCUT2D eigenvalue weighted by Crippen LogP contribution is -2.36. The van der Waals surface area contributed by atoms with Crippen LogP contribution in [0.1, 0.15) is 24.8 Å². The number of carbonyl (C=O) groups is 2. The number of aliphatic carboxylic acids is 1. The third kappa shape index (κ3) is 4.70. The number of carbonyl (C=O) groups excluding carboxylic acids is 1. The van der Waals surface area contributed by atoms with Crippen molar-refractivity contribution < 1.29 is 14.7 Å². The van der Waals surface area contributed by atoms with Gasteiger partial charge in [0.05, 0.1) is 10.0 Å². The number of carboxylic acids is 1. The van der Waals surface area contributed by atoms with Crippen LogP contribution < -0.4 is 0 Å². The number of Topliss-reactive ketones (excluding diaryl/α,β-unsaturated/α-hetero) is 1. The number of halogens is 2. The Hall–Kier alpha value is -1.10. The van der Waals surface area contributed by atoms with Gasteiger partial charge in [0, 0.05) is 12.5 Å². The number of hydrogen-bond acceptors (Lipinski definition) is 3. The third-order valence-electron chi connectivity index (χ3n) is 3.76. The van der Waals surface area contributed by atoms with Crippen molar-refractivity contribution in [3.8, 4) is 0 Å². The Labute approximate surface area is 133 Å². The van der Waals surface area contributed by atoms with Gasteiger partial charge in [-0.1, -0.05) is 29.3 Å². The molecule has 1 N–H and O–H groups in total. The molecule has 1 aliphatic heterocycles. The zero-order valence-corrected chi connectivity index (χ0v) is 13.0. The highest BCUT2D eigenvalue weighted by Crippen LogP contribution is 2.25. The molecule has 6 heteroatoms. The number of benzene rings is 1. The number of carboxylic acid groups (broad SMARTS) is 1. The minimum Gasteiger partial charge on any atom is -0.481 e. The van der Waals surface area contributed by atoms with Crippen molar-refractivity contribution >= 4 is 35.0 Å². The van der Waals surface area contributed by atoms with Gasteiger partial charge in [0.1, 0.15) is 12.2 Å². The number of rotatable bonds is 5. The van der Waals surface area contributed by atoms with Gasteiger partial charge >= 0.3 is 5.97 Å². The number of likely N-dealkylation sites (tertiary alicyclic amines) is 1. The Balaban J connectivity index is 1.85. The average molecular weight is 330 g/mol. The van der Waals surface area contributed by atoms with E-state index in [9.17, 15) is 9.59 Å². The molecular formula is C15H17Cl2NO3. The lowest BCUT2D eigenvalue weighted by molar-refractivity contribution is -0.141. The van der Waals surface area contributed by atoms with E-state index >= 15 is 0 Å². The van der Waals surface area contributed by atoms with Crippen molar-refractivity contribution in [3.63, 3.8) is 0 Å². The first-order valence-corrected chi connectivity index (χ1v) is 7.62. The first-order valence-electron chi connectivity index (χ1n) is 6.86. The second-order valence-corrected chi connectivity index (χ2v) is 6.15. The lowest BCUT2D eigenvalue weighted by atomic mass is 9.91. The van der Waals surface area contributed by atoms with E-state index in [0.717, 1.165) is 25.2 Å². The molecular weight excluding hydrogens is 313 g/mol. The summed E-state index contributed by atoms with van der Waals surface area (Å²) in [5.41, 5.74) is 1.08. The fraction of sp³-hybridized carbons (Fsp3) is 0.467. The highest BCUT2D eigenvalue weighted by atomic mass is 35.5. The van der Waals surface area contributed by atoms with Gasteiger partial charge in [0.25, 0.3) is 0 Å². The highest BCUT2D eigenvalue weighted by molar-refractivity contribution is 6.42. The molecule has 0 saturated carbocycles. The first-order chi connectivity index (χ1) is 9.95. The van der Waals surface area contributed by atoms with Crippen LogP contribution in [0.2, 0.25) is 10.0 Å². The second kappa shape index (κ2) is 7.25. The number of nitrogens with zero attached hydrogens (tertiary/aromatic N) is 1. The molecule has 0 spiro atoms. The maximum absolute atomic E-state index is 11.7. The van der Waals surface area contributed by atoms with E-state index in [2.05, 4.69) is 4.90 Å². The maximum Gasteiger partial charge on any atom is 0.310 e. The molecule has 0 aliphatic carbocycles. The topological polar surface area (TPSA) is 57.6 Å². The molecule has 114 valence electrons.